The van der Waals surface area contributed by atoms with Gasteiger partial charge in [-0.05, 0) is 43.0 Å². The van der Waals surface area contributed by atoms with Crippen LogP contribution in [0.25, 0.3) is 5.78 Å². The minimum Gasteiger partial charge on any atom is -0.288 e. The molecular weight excluding hydrogens is 305 g/mol. The summed E-state index contributed by atoms with van der Waals surface area (Å²) < 4.78 is 15.0. The van der Waals surface area contributed by atoms with Crippen molar-refractivity contribution in [1.82, 2.24) is 24.8 Å². The average Bonchev–Trinajstić information content (AvgIpc) is 3.05. The molecule has 4 rings (SSSR count). The van der Waals surface area contributed by atoms with Gasteiger partial charge in [0.1, 0.15) is 11.5 Å². The van der Waals surface area contributed by atoms with Crippen molar-refractivity contribution in [2.75, 3.05) is 0 Å². The molecule has 0 saturated carbocycles. The Hall–Kier alpha value is -2.22. The number of aromatic nitrogens is 5. The summed E-state index contributed by atoms with van der Waals surface area (Å²) in [6.07, 6.45) is 1.84. The zero-order chi connectivity index (χ0) is 15.3. The molecule has 1 N–H and O–H groups in total. The topological polar surface area (TPSA) is 75.9 Å². The fourth-order valence-corrected chi connectivity index (χ4v) is 3.83. The van der Waals surface area contributed by atoms with Gasteiger partial charge >= 0.3 is 0 Å². The number of nitrogens with zero attached hydrogens (tertiary/aromatic N) is 4. The van der Waals surface area contributed by atoms with E-state index in [2.05, 4.69) is 20.3 Å². The van der Waals surface area contributed by atoms with Crippen molar-refractivity contribution >= 4 is 17.5 Å². The highest BCUT2D eigenvalue weighted by molar-refractivity contribution is 7.99. The van der Waals surface area contributed by atoms with Gasteiger partial charge in [-0.15, -0.1) is 10.2 Å². The molecule has 0 spiro atoms. The third kappa shape index (κ3) is 2.10. The van der Waals surface area contributed by atoms with Gasteiger partial charge in [0.05, 0.1) is 0 Å². The zero-order valence-electron chi connectivity index (χ0n) is 11.7. The Labute approximate surface area is 128 Å². The predicted octanol–water partition coefficient (Wildman–Crippen LogP) is 2.04. The van der Waals surface area contributed by atoms with Crippen LogP contribution in [-0.4, -0.2) is 24.8 Å². The average molecular weight is 317 g/mol. The molecule has 0 amide bonds. The lowest BCUT2D eigenvalue weighted by Gasteiger charge is -2.09. The lowest BCUT2D eigenvalue weighted by molar-refractivity contribution is 0.625. The third-order valence-electron chi connectivity index (χ3n) is 3.79. The van der Waals surface area contributed by atoms with Crippen LogP contribution in [0.5, 0.6) is 0 Å². The summed E-state index contributed by atoms with van der Waals surface area (Å²) in [6.45, 7) is 1.63. The van der Waals surface area contributed by atoms with E-state index >= 15 is 0 Å². The first kappa shape index (κ1) is 13.4. The maximum atomic E-state index is 13.5. The normalized spacial score (nSPS) is 17.1. The van der Waals surface area contributed by atoms with E-state index in [0.29, 0.717) is 16.6 Å². The summed E-state index contributed by atoms with van der Waals surface area (Å²) in [4.78, 5) is 14.2. The van der Waals surface area contributed by atoms with Crippen molar-refractivity contribution in [3.63, 3.8) is 0 Å². The number of H-pyrrole nitrogens is 1. The molecule has 22 heavy (non-hydrogen) atoms. The van der Waals surface area contributed by atoms with Crippen LogP contribution in [0.2, 0.25) is 0 Å². The van der Waals surface area contributed by atoms with Crippen molar-refractivity contribution in [2.45, 2.75) is 30.2 Å². The highest BCUT2D eigenvalue weighted by Gasteiger charge is 2.26. The molecule has 3 aromatic rings. The highest BCUT2D eigenvalue weighted by atomic mass is 32.2. The van der Waals surface area contributed by atoms with E-state index in [1.54, 1.807) is 13.0 Å². The van der Waals surface area contributed by atoms with Gasteiger partial charge in [0.15, 0.2) is 0 Å². The monoisotopic (exact) mass is 317 g/mol. The number of hydrogen-bond acceptors (Lipinski definition) is 5. The van der Waals surface area contributed by atoms with Crippen molar-refractivity contribution < 1.29 is 4.39 Å². The van der Waals surface area contributed by atoms with Crippen LogP contribution >= 0.6 is 11.8 Å². The lowest BCUT2D eigenvalue weighted by atomic mass is 10.1. The van der Waals surface area contributed by atoms with E-state index in [4.69, 9.17) is 0 Å². The van der Waals surface area contributed by atoms with E-state index in [-0.39, 0.29) is 16.6 Å². The molecule has 1 atom stereocenters. The second kappa shape index (κ2) is 4.91. The number of fused-ring (bicyclic) bond motifs is 2. The molecule has 6 nitrogen and oxygen atoms in total. The SMILES string of the molecule is Cc1nn2c(SC3CCc4ccc(F)cc43)nnc2[nH]c1=O. The van der Waals surface area contributed by atoms with Crippen molar-refractivity contribution in [1.29, 1.82) is 0 Å². The second-order valence-electron chi connectivity index (χ2n) is 5.25. The Kier molecular flexibility index (Phi) is 3.00. The van der Waals surface area contributed by atoms with Crippen LogP contribution in [-0.2, 0) is 6.42 Å². The summed E-state index contributed by atoms with van der Waals surface area (Å²) in [6, 6.07) is 4.92. The first-order valence-corrected chi connectivity index (χ1v) is 7.77. The molecule has 2 heterocycles. The minimum atomic E-state index is -0.273. The number of nitrogens with one attached hydrogen (secondary N) is 1. The first-order valence-electron chi connectivity index (χ1n) is 6.89. The van der Waals surface area contributed by atoms with Crippen LogP contribution < -0.4 is 5.56 Å². The van der Waals surface area contributed by atoms with Crippen LogP contribution in [0, 0.1) is 12.7 Å². The second-order valence-corrected chi connectivity index (χ2v) is 6.42. The van der Waals surface area contributed by atoms with E-state index in [1.807, 2.05) is 6.07 Å². The smallest absolute Gasteiger partial charge is 0.273 e. The Morgan fingerprint density at radius 1 is 1.41 bits per heavy atom. The maximum Gasteiger partial charge on any atom is 0.273 e. The van der Waals surface area contributed by atoms with Gasteiger partial charge in [-0.1, -0.05) is 17.8 Å². The quantitative estimate of drug-likeness (QED) is 0.783. The van der Waals surface area contributed by atoms with Crippen molar-refractivity contribution in [3.8, 4) is 0 Å². The van der Waals surface area contributed by atoms with Gasteiger partial charge in [0, 0.05) is 5.25 Å². The molecule has 0 radical (unpaired) electrons. The number of halogens is 1. The standard InChI is InChI=1S/C14H12FN5OS/c1-7-12(21)16-13-17-18-14(20(13)19-7)22-11-5-3-8-2-4-9(15)6-10(8)11/h2,4,6,11H,3,5H2,1H3,(H,16,17,21). The molecule has 0 fully saturated rings. The molecule has 1 aromatic carbocycles. The van der Waals surface area contributed by atoms with Gasteiger partial charge in [-0.3, -0.25) is 9.78 Å². The third-order valence-corrected chi connectivity index (χ3v) is 5.03. The van der Waals surface area contributed by atoms with Crippen molar-refractivity contribution in [2.24, 2.45) is 0 Å². The number of hydrogen-bond donors (Lipinski definition) is 1. The molecule has 1 unspecified atom stereocenters. The van der Waals surface area contributed by atoms with E-state index in [1.165, 1.54) is 27.9 Å². The molecule has 0 bridgehead atoms. The number of benzene rings is 1. The number of aromatic amines is 1. The predicted molar refractivity (Wildman–Crippen MR) is 79.5 cm³/mol. The summed E-state index contributed by atoms with van der Waals surface area (Å²) in [7, 11) is 0. The molecule has 1 aliphatic carbocycles. The van der Waals surface area contributed by atoms with E-state index in [9.17, 15) is 9.18 Å². The van der Waals surface area contributed by atoms with Crippen LogP contribution in [0.15, 0.2) is 28.2 Å². The van der Waals surface area contributed by atoms with Crippen LogP contribution in [0.1, 0.15) is 28.5 Å². The largest absolute Gasteiger partial charge is 0.288 e. The summed E-state index contributed by atoms with van der Waals surface area (Å²) >= 11 is 1.49. The zero-order valence-corrected chi connectivity index (χ0v) is 12.5. The van der Waals surface area contributed by atoms with Gasteiger partial charge in [-0.2, -0.15) is 9.61 Å². The molecule has 8 heteroatoms. The Balaban J connectivity index is 1.73. The Morgan fingerprint density at radius 2 is 2.27 bits per heavy atom. The number of aryl methyl sites for hydroxylation is 2. The number of thioether (sulfide) groups is 1. The molecule has 0 aliphatic heterocycles. The molecule has 112 valence electrons. The fourth-order valence-electron chi connectivity index (χ4n) is 2.68. The molecular formula is C14H12FN5OS. The summed E-state index contributed by atoms with van der Waals surface area (Å²) in [5.74, 6) is 0.0891. The van der Waals surface area contributed by atoms with Gasteiger partial charge in [0.2, 0.25) is 5.16 Å². The Morgan fingerprint density at radius 3 is 3.14 bits per heavy atom. The van der Waals surface area contributed by atoms with Crippen LogP contribution in [0.3, 0.4) is 0 Å². The van der Waals surface area contributed by atoms with Crippen molar-refractivity contribution in [3.05, 3.63) is 51.2 Å². The van der Waals surface area contributed by atoms with E-state index in [0.717, 1.165) is 18.4 Å². The molecule has 0 saturated heterocycles. The Bertz CT molecular complexity index is 935. The molecule has 1 aliphatic rings. The van der Waals surface area contributed by atoms with Gasteiger partial charge in [0.25, 0.3) is 11.3 Å². The summed E-state index contributed by atoms with van der Waals surface area (Å²) in [5, 5.41) is 12.9. The van der Waals surface area contributed by atoms with Crippen LogP contribution in [0.4, 0.5) is 4.39 Å². The van der Waals surface area contributed by atoms with E-state index < -0.39 is 0 Å². The fraction of sp³-hybridized carbons (Fsp3) is 0.286. The lowest BCUT2D eigenvalue weighted by Crippen LogP contribution is -2.15. The summed E-state index contributed by atoms with van der Waals surface area (Å²) in [5.41, 5.74) is 2.25. The van der Waals surface area contributed by atoms with Gasteiger partial charge in [-0.25, -0.2) is 4.39 Å². The minimum absolute atomic E-state index is 0.118. The highest BCUT2D eigenvalue weighted by Crippen LogP contribution is 2.44. The number of rotatable bonds is 2. The first-order chi connectivity index (χ1) is 10.6. The van der Waals surface area contributed by atoms with Gasteiger partial charge < -0.3 is 0 Å². The molecule has 2 aromatic heterocycles. The maximum absolute atomic E-state index is 13.5.